The third-order valence-electron chi connectivity index (χ3n) is 0.896. The molecular weight excluding hydrogens is 94.0 g/mol. The van der Waals surface area contributed by atoms with E-state index in [0.29, 0.717) is 0 Å². The van der Waals surface area contributed by atoms with Gasteiger partial charge < -0.3 is 0 Å². The van der Waals surface area contributed by atoms with Gasteiger partial charge >= 0.3 is 0 Å². The molecule has 1 rings (SSSR count). The lowest BCUT2D eigenvalue weighted by atomic mass is 10.3. The lowest BCUT2D eigenvalue weighted by molar-refractivity contribution is 0.0850. The van der Waals surface area contributed by atoms with Gasteiger partial charge in [0.25, 0.3) is 5.91 Å². The highest BCUT2D eigenvalue weighted by Gasteiger charge is 2.43. The van der Waals surface area contributed by atoms with Crippen molar-refractivity contribution in [2.45, 2.75) is 25.7 Å². The summed E-state index contributed by atoms with van der Waals surface area (Å²) < 4.78 is 0. The van der Waals surface area contributed by atoms with Crippen LogP contribution < -0.4 is 5.73 Å². The molecule has 3 heteroatoms. The predicted octanol–water partition coefficient (Wildman–Crippen LogP) is 0.361. The Labute approximate surface area is 42.3 Å². The molecule has 0 atom stereocenters. The fraction of sp³-hybridized carbons (Fsp3) is 1.00. The first-order chi connectivity index (χ1) is 3.27. The van der Waals surface area contributed by atoms with Crippen molar-refractivity contribution in [3.05, 3.63) is 0 Å². The average molecular weight is 103 g/mol. The van der Waals surface area contributed by atoms with Gasteiger partial charge in [-0.2, -0.15) is 9.78 Å². The highest BCUT2D eigenvalue weighted by Crippen LogP contribution is 2.27. The molecule has 1 aliphatic heterocycles. The second-order valence-electron chi connectivity index (χ2n) is 1.73. The minimum atomic E-state index is -0.700. The van der Waals surface area contributed by atoms with E-state index in [9.17, 15) is 0 Å². The third kappa shape index (κ3) is 1.12. The monoisotopic (exact) mass is 103 g/mol. The van der Waals surface area contributed by atoms with Gasteiger partial charge in [0, 0.05) is 6.42 Å². The number of hydrogen-bond donors (Lipinski definition) is 1. The van der Waals surface area contributed by atoms with Crippen LogP contribution in [0.5, 0.6) is 0 Å². The van der Waals surface area contributed by atoms with E-state index >= 15 is 0 Å². The Bertz CT molecular complexity index is 70.1. The number of rotatable bonds is 2. The molecule has 1 heterocycles. The van der Waals surface area contributed by atoms with Crippen molar-refractivity contribution in [2.75, 3.05) is 0 Å². The molecule has 0 aromatic heterocycles. The van der Waals surface area contributed by atoms with E-state index in [-0.39, 0.29) is 0 Å². The summed E-state index contributed by atoms with van der Waals surface area (Å²) in [6.07, 6.45) is 1.78. The second-order valence-corrected chi connectivity index (χ2v) is 1.73. The summed E-state index contributed by atoms with van der Waals surface area (Å²) in [5.41, 5.74) is 5.31. The Kier molecular flexibility index (Phi) is 1.03. The van der Waals surface area contributed by atoms with Gasteiger partial charge in [-0.1, -0.05) is 6.92 Å². The molecule has 0 aromatic carbocycles. The molecule has 0 spiro atoms. The van der Waals surface area contributed by atoms with Crippen LogP contribution in [0.2, 0.25) is 0 Å². The van der Waals surface area contributed by atoms with Crippen molar-refractivity contribution in [3.63, 3.8) is 0 Å². The van der Waals surface area contributed by atoms with E-state index in [1.54, 1.807) is 0 Å². The van der Waals surface area contributed by atoms with Crippen LogP contribution in [0, 0.1) is 0 Å². The lowest BCUT2D eigenvalue weighted by Crippen LogP contribution is -2.22. The van der Waals surface area contributed by atoms with Crippen molar-refractivity contribution in [1.29, 1.82) is 0 Å². The van der Waals surface area contributed by atoms with Crippen molar-refractivity contribution < 1.29 is 9.78 Å². The molecule has 42 valence electrons. The first-order valence-electron chi connectivity index (χ1n) is 2.42. The maximum Gasteiger partial charge on any atom is 0.285 e. The zero-order valence-corrected chi connectivity index (χ0v) is 4.31. The van der Waals surface area contributed by atoms with Crippen LogP contribution in [-0.4, -0.2) is 5.91 Å². The molecule has 0 unspecified atom stereocenters. The molecule has 0 aliphatic carbocycles. The highest BCUT2D eigenvalue weighted by molar-refractivity contribution is 4.62. The van der Waals surface area contributed by atoms with Crippen molar-refractivity contribution in [2.24, 2.45) is 5.73 Å². The average Bonchev–Trinajstić information content (AvgIpc) is 2.22. The predicted molar refractivity (Wildman–Crippen MR) is 24.0 cm³/mol. The smallest absolute Gasteiger partial charge is 0.276 e. The van der Waals surface area contributed by atoms with E-state index in [1.807, 2.05) is 6.92 Å². The van der Waals surface area contributed by atoms with Gasteiger partial charge in [0.2, 0.25) is 0 Å². The zero-order valence-electron chi connectivity index (χ0n) is 4.31. The van der Waals surface area contributed by atoms with Crippen molar-refractivity contribution in [1.82, 2.24) is 0 Å². The largest absolute Gasteiger partial charge is 0.285 e. The Morgan fingerprint density at radius 1 is 1.57 bits per heavy atom. The van der Waals surface area contributed by atoms with Gasteiger partial charge in [-0.05, 0) is 6.42 Å². The first kappa shape index (κ1) is 5.03. The van der Waals surface area contributed by atoms with Crippen LogP contribution in [0.25, 0.3) is 0 Å². The van der Waals surface area contributed by atoms with Gasteiger partial charge in [0.1, 0.15) is 0 Å². The Balaban J connectivity index is 2.13. The molecule has 0 radical (unpaired) electrons. The molecule has 1 fully saturated rings. The number of nitrogens with two attached hydrogens (primary N) is 1. The van der Waals surface area contributed by atoms with Crippen LogP contribution in [0.3, 0.4) is 0 Å². The molecule has 1 saturated heterocycles. The summed E-state index contributed by atoms with van der Waals surface area (Å²) >= 11 is 0. The van der Waals surface area contributed by atoms with Crippen LogP contribution in [0.15, 0.2) is 0 Å². The third-order valence-corrected chi connectivity index (χ3v) is 0.896. The van der Waals surface area contributed by atoms with Crippen molar-refractivity contribution >= 4 is 0 Å². The van der Waals surface area contributed by atoms with Crippen LogP contribution >= 0.6 is 0 Å². The minimum Gasteiger partial charge on any atom is -0.276 e. The molecule has 0 saturated carbocycles. The van der Waals surface area contributed by atoms with Crippen molar-refractivity contribution in [3.8, 4) is 0 Å². The summed E-state index contributed by atoms with van der Waals surface area (Å²) in [6, 6.07) is 0. The number of hydrogen-bond acceptors (Lipinski definition) is 3. The summed E-state index contributed by atoms with van der Waals surface area (Å²) in [5.74, 6) is -0.700. The van der Waals surface area contributed by atoms with Gasteiger partial charge in [-0.3, -0.25) is 5.73 Å². The van der Waals surface area contributed by atoms with Gasteiger partial charge in [-0.25, -0.2) is 0 Å². The van der Waals surface area contributed by atoms with E-state index in [1.165, 1.54) is 0 Å². The Morgan fingerprint density at radius 3 is 2.29 bits per heavy atom. The maximum atomic E-state index is 5.31. The zero-order chi connectivity index (χ0) is 5.33. The quantitative estimate of drug-likeness (QED) is 0.405. The van der Waals surface area contributed by atoms with E-state index in [4.69, 9.17) is 5.73 Å². The van der Waals surface area contributed by atoms with E-state index < -0.39 is 5.91 Å². The van der Waals surface area contributed by atoms with Gasteiger partial charge in [0.15, 0.2) is 0 Å². The fourth-order valence-electron chi connectivity index (χ4n) is 0.485. The molecule has 0 aromatic rings. The maximum absolute atomic E-state index is 5.31. The SMILES string of the molecule is CCCC1(N)OO1. The highest BCUT2D eigenvalue weighted by atomic mass is 17.4. The van der Waals surface area contributed by atoms with E-state index in [2.05, 4.69) is 9.78 Å². The minimum absolute atomic E-state index is 0.700. The molecule has 0 amide bonds. The molecule has 2 N–H and O–H groups in total. The van der Waals surface area contributed by atoms with Crippen LogP contribution in [0.1, 0.15) is 19.8 Å². The standard InChI is InChI=1S/C4H9NO2/c1-2-3-4(5)6-7-4/h2-3,5H2,1H3. The molecule has 1 aliphatic rings. The molecule has 0 bridgehead atoms. The van der Waals surface area contributed by atoms with Crippen LogP contribution in [-0.2, 0) is 9.78 Å². The Morgan fingerprint density at radius 2 is 2.14 bits per heavy atom. The van der Waals surface area contributed by atoms with E-state index in [0.717, 1.165) is 12.8 Å². The van der Waals surface area contributed by atoms with Gasteiger partial charge in [-0.15, -0.1) is 0 Å². The topological polar surface area (TPSA) is 51.1 Å². The summed E-state index contributed by atoms with van der Waals surface area (Å²) in [6.45, 7) is 2.03. The summed E-state index contributed by atoms with van der Waals surface area (Å²) in [5, 5.41) is 0. The molecular formula is C4H9NO2. The lowest BCUT2D eigenvalue weighted by Gasteiger charge is -1.91. The summed E-state index contributed by atoms with van der Waals surface area (Å²) in [7, 11) is 0. The second kappa shape index (κ2) is 1.43. The molecule has 7 heavy (non-hydrogen) atoms. The van der Waals surface area contributed by atoms with Gasteiger partial charge in [0.05, 0.1) is 0 Å². The summed E-state index contributed by atoms with van der Waals surface area (Å²) in [4.78, 5) is 8.83. The normalized spacial score (nSPS) is 24.9. The van der Waals surface area contributed by atoms with Crippen LogP contribution in [0.4, 0.5) is 0 Å². The molecule has 3 nitrogen and oxygen atoms in total. The Hall–Kier alpha value is -0.120. The first-order valence-corrected chi connectivity index (χ1v) is 2.42. The fourth-order valence-corrected chi connectivity index (χ4v) is 0.485.